The normalized spacial score (nSPS) is 12.0. The molecule has 5 aromatic rings. The van der Waals surface area contributed by atoms with Gasteiger partial charge >= 0.3 is 0 Å². The van der Waals surface area contributed by atoms with E-state index in [2.05, 4.69) is 20.4 Å². The second-order valence-electron chi connectivity index (χ2n) is 8.45. The number of nitrogens with one attached hydrogen (secondary N) is 1. The highest BCUT2D eigenvalue weighted by molar-refractivity contribution is 6.07. The van der Waals surface area contributed by atoms with Crippen LogP contribution < -0.4 is 10.1 Å². The Bertz CT molecular complexity index is 1500. The van der Waals surface area contributed by atoms with E-state index in [1.165, 1.54) is 0 Å². The predicted octanol–water partition coefficient (Wildman–Crippen LogP) is 4.77. The Morgan fingerprint density at radius 3 is 2.49 bits per heavy atom. The van der Waals surface area contributed by atoms with Crippen molar-refractivity contribution in [3.8, 4) is 17.0 Å². The number of hydrogen-bond acceptors (Lipinski definition) is 6. The van der Waals surface area contributed by atoms with Crippen molar-refractivity contribution in [1.82, 2.24) is 25.0 Å². The third kappa shape index (κ3) is 4.26. The number of ether oxygens (including phenoxy) is 1. The predicted molar refractivity (Wildman–Crippen MR) is 132 cm³/mol. The first-order chi connectivity index (χ1) is 16.9. The number of fused-ring (bicyclic) bond motifs is 1. The van der Waals surface area contributed by atoms with Crippen molar-refractivity contribution in [3.63, 3.8) is 0 Å². The van der Waals surface area contributed by atoms with Crippen LogP contribution in [-0.4, -0.2) is 32.7 Å². The Morgan fingerprint density at radius 2 is 1.83 bits per heavy atom. The number of methoxy groups -OCH3 is 1. The number of carbonyl (C=O) groups excluding carboxylic acids is 1. The maximum Gasteiger partial charge on any atom is 0.259 e. The number of amides is 1. The minimum Gasteiger partial charge on any atom is -0.497 e. The fourth-order valence-electron chi connectivity index (χ4n) is 4.10. The van der Waals surface area contributed by atoms with E-state index < -0.39 is 6.04 Å². The van der Waals surface area contributed by atoms with Gasteiger partial charge in [0.25, 0.3) is 11.6 Å². The van der Waals surface area contributed by atoms with Crippen LogP contribution in [0.3, 0.4) is 0 Å². The molecule has 3 aromatic heterocycles. The van der Waals surface area contributed by atoms with Gasteiger partial charge in [-0.3, -0.25) is 4.79 Å². The van der Waals surface area contributed by atoms with Gasteiger partial charge in [0.15, 0.2) is 0 Å². The van der Waals surface area contributed by atoms with Crippen molar-refractivity contribution >= 4 is 17.0 Å². The lowest BCUT2D eigenvalue weighted by atomic mass is 10.0. The van der Waals surface area contributed by atoms with E-state index in [4.69, 9.17) is 9.26 Å². The quantitative estimate of drug-likeness (QED) is 0.387. The molecule has 1 unspecified atom stereocenters. The average molecular weight is 468 g/mol. The molecular weight excluding hydrogens is 442 g/mol. The summed E-state index contributed by atoms with van der Waals surface area (Å²) in [6.07, 6.45) is 3.56. The van der Waals surface area contributed by atoms with Crippen LogP contribution in [0.15, 0.2) is 71.5 Å². The van der Waals surface area contributed by atoms with Gasteiger partial charge < -0.3 is 19.1 Å². The van der Waals surface area contributed by atoms with Crippen LogP contribution in [0, 0.1) is 13.8 Å². The van der Waals surface area contributed by atoms with E-state index >= 15 is 0 Å². The first kappa shape index (κ1) is 22.3. The van der Waals surface area contributed by atoms with Crippen LogP contribution in [-0.2, 0) is 7.05 Å². The monoisotopic (exact) mass is 467 g/mol. The molecule has 0 radical (unpaired) electrons. The van der Waals surface area contributed by atoms with Crippen molar-refractivity contribution < 1.29 is 14.1 Å². The summed E-state index contributed by atoms with van der Waals surface area (Å²) in [6, 6.07) is 16.8. The van der Waals surface area contributed by atoms with Crippen molar-refractivity contribution in [2.24, 2.45) is 7.05 Å². The number of rotatable bonds is 6. The van der Waals surface area contributed by atoms with Gasteiger partial charge in [-0.25, -0.2) is 9.97 Å². The highest BCUT2D eigenvalue weighted by Gasteiger charge is 2.25. The molecule has 0 bridgehead atoms. The molecule has 0 saturated carbocycles. The van der Waals surface area contributed by atoms with Crippen LogP contribution in [0.2, 0.25) is 0 Å². The zero-order valence-corrected chi connectivity index (χ0v) is 19.9. The van der Waals surface area contributed by atoms with Gasteiger partial charge in [0.05, 0.1) is 29.4 Å². The molecule has 176 valence electrons. The Balaban J connectivity index is 1.58. The standard InChI is InChI=1S/C27H25N5O3/c1-16-5-7-18(8-6-16)22-15-21(23-17(2)31-35-27(23)29-22)26(33)30-24(25-28-13-14-32(25)3)19-9-11-20(34-4)12-10-19/h5-15,24H,1-4H3,(H,30,33). The molecule has 2 aromatic carbocycles. The smallest absolute Gasteiger partial charge is 0.259 e. The minimum atomic E-state index is -0.486. The van der Waals surface area contributed by atoms with Gasteiger partial charge in [-0.05, 0) is 37.6 Å². The van der Waals surface area contributed by atoms with E-state index in [1.54, 1.807) is 26.3 Å². The first-order valence-electron chi connectivity index (χ1n) is 11.2. The van der Waals surface area contributed by atoms with Crippen LogP contribution in [0.5, 0.6) is 5.75 Å². The van der Waals surface area contributed by atoms with E-state index in [0.29, 0.717) is 33.9 Å². The molecule has 8 nitrogen and oxygen atoms in total. The van der Waals surface area contributed by atoms with Crippen molar-refractivity contribution in [2.75, 3.05) is 7.11 Å². The Labute approximate surface area is 202 Å². The topological polar surface area (TPSA) is 95.1 Å². The molecule has 1 N–H and O–H groups in total. The maximum atomic E-state index is 13.8. The number of hydrogen-bond donors (Lipinski definition) is 1. The summed E-state index contributed by atoms with van der Waals surface area (Å²) >= 11 is 0. The third-order valence-electron chi connectivity index (χ3n) is 6.05. The zero-order valence-electron chi connectivity index (χ0n) is 19.9. The second kappa shape index (κ2) is 9.06. The molecule has 1 atom stereocenters. The highest BCUT2D eigenvalue weighted by atomic mass is 16.5. The van der Waals surface area contributed by atoms with E-state index in [1.807, 2.05) is 73.3 Å². The first-order valence-corrected chi connectivity index (χ1v) is 11.2. The molecule has 1 amide bonds. The summed E-state index contributed by atoms with van der Waals surface area (Å²) in [7, 11) is 3.52. The maximum absolute atomic E-state index is 13.8. The minimum absolute atomic E-state index is 0.277. The van der Waals surface area contributed by atoms with Gasteiger partial charge in [0.2, 0.25) is 0 Å². The van der Waals surface area contributed by atoms with Crippen LogP contribution in [0.1, 0.15) is 39.0 Å². The largest absolute Gasteiger partial charge is 0.497 e. The van der Waals surface area contributed by atoms with Crippen LogP contribution in [0.25, 0.3) is 22.4 Å². The second-order valence-corrected chi connectivity index (χ2v) is 8.45. The molecule has 0 fully saturated rings. The van der Waals surface area contributed by atoms with E-state index in [0.717, 1.165) is 22.4 Å². The third-order valence-corrected chi connectivity index (χ3v) is 6.05. The molecule has 0 spiro atoms. The van der Waals surface area contributed by atoms with Gasteiger partial charge in [-0.15, -0.1) is 0 Å². The van der Waals surface area contributed by atoms with E-state index in [9.17, 15) is 4.79 Å². The number of imidazole rings is 1. The number of pyridine rings is 1. The van der Waals surface area contributed by atoms with Gasteiger partial charge in [-0.2, -0.15) is 0 Å². The lowest BCUT2D eigenvalue weighted by Crippen LogP contribution is -2.31. The lowest BCUT2D eigenvalue weighted by molar-refractivity contribution is 0.0942. The van der Waals surface area contributed by atoms with Gasteiger partial charge in [-0.1, -0.05) is 47.1 Å². The Morgan fingerprint density at radius 1 is 1.09 bits per heavy atom. The Kier molecular flexibility index (Phi) is 5.78. The number of aromatic nitrogens is 4. The van der Waals surface area contributed by atoms with Gasteiger partial charge in [0, 0.05) is 25.0 Å². The van der Waals surface area contributed by atoms with Crippen molar-refractivity contribution in [2.45, 2.75) is 19.9 Å². The number of carbonyl (C=O) groups is 1. The fraction of sp³-hybridized carbons (Fsp3) is 0.185. The molecule has 0 saturated heterocycles. The highest BCUT2D eigenvalue weighted by Crippen LogP contribution is 2.29. The molecule has 0 aliphatic rings. The Hall–Kier alpha value is -4.46. The molecular formula is C27H25N5O3. The van der Waals surface area contributed by atoms with Crippen molar-refractivity contribution in [3.05, 3.63) is 95.2 Å². The van der Waals surface area contributed by atoms with Crippen molar-refractivity contribution in [1.29, 1.82) is 0 Å². The SMILES string of the molecule is COc1ccc(C(NC(=O)c2cc(-c3ccc(C)cc3)nc3onc(C)c23)c2nccn2C)cc1. The fourth-order valence-corrected chi connectivity index (χ4v) is 4.10. The molecule has 8 heteroatoms. The molecule has 35 heavy (non-hydrogen) atoms. The molecule has 5 rings (SSSR count). The summed E-state index contributed by atoms with van der Waals surface area (Å²) < 4.78 is 12.6. The summed E-state index contributed by atoms with van der Waals surface area (Å²) in [6.45, 7) is 3.82. The lowest BCUT2D eigenvalue weighted by Gasteiger charge is -2.20. The summed E-state index contributed by atoms with van der Waals surface area (Å²) in [5, 5.41) is 7.82. The van der Waals surface area contributed by atoms with Crippen LogP contribution >= 0.6 is 0 Å². The summed E-state index contributed by atoms with van der Waals surface area (Å²) in [5.41, 5.74) is 4.90. The van der Waals surface area contributed by atoms with E-state index in [-0.39, 0.29) is 5.91 Å². The summed E-state index contributed by atoms with van der Waals surface area (Å²) in [4.78, 5) is 22.9. The molecule has 3 heterocycles. The zero-order chi connectivity index (χ0) is 24.5. The van der Waals surface area contributed by atoms with Gasteiger partial charge in [0.1, 0.15) is 17.6 Å². The number of aryl methyl sites for hydroxylation is 3. The molecule has 0 aliphatic heterocycles. The number of nitrogens with zero attached hydrogens (tertiary/aromatic N) is 4. The molecule has 0 aliphatic carbocycles. The summed E-state index contributed by atoms with van der Waals surface area (Å²) in [5.74, 6) is 1.16. The average Bonchev–Trinajstić information content (AvgIpc) is 3.47. The number of benzene rings is 2. The van der Waals surface area contributed by atoms with Crippen LogP contribution in [0.4, 0.5) is 0 Å².